The third-order valence-electron chi connectivity index (χ3n) is 5.22. The fourth-order valence-electron chi connectivity index (χ4n) is 3.37. The lowest BCUT2D eigenvalue weighted by Gasteiger charge is -2.30. The van der Waals surface area contributed by atoms with Crippen LogP contribution in [-0.4, -0.2) is 35.4 Å². The van der Waals surface area contributed by atoms with E-state index in [1.807, 2.05) is 20.8 Å². The third kappa shape index (κ3) is 5.38. The van der Waals surface area contributed by atoms with Gasteiger partial charge in [-0.2, -0.15) is 0 Å². The fraction of sp³-hybridized carbons (Fsp3) is 0.417. The molecule has 30 heavy (non-hydrogen) atoms. The molecule has 2 aromatic carbocycles. The van der Waals surface area contributed by atoms with Crippen molar-refractivity contribution in [2.45, 2.75) is 52.2 Å². The quantitative estimate of drug-likeness (QED) is 0.673. The Morgan fingerprint density at radius 2 is 1.80 bits per heavy atom. The van der Waals surface area contributed by atoms with Crippen LogP contribution in [-0.2, 0) is 11.3 Å². The van der Waals surface area contributed by atoms with Crippen LogP contribution in [0.5, 0.6) is 5.75 Å². The van der Waals surface area contributed by atoms with Crippen molar-refractivity contribution < 1.29 is 18.7 Å². The first-order valence-electron chi connectivity index (χ1n) is 10.5. The average Bonchev–Trinajstić information content (AvgIpc) is 3.56. The molecule has 1 aliphatic carbocycles. The van der Waals surface area contributed by atoms with Gasteiger partial charge in [0.1, 0.15) is 17.6 Å². The molecule has 1 atom stereocenters. The van der Waals surface area contributed by atoms with Crippen LogP contribution in [0.4, 0.5) is 4.39 Å². The maximum atomic E-state index is 14.2. The van der Waals surface area contributed by atoms with Gasteiger partial charge < -0.3 is 15.0 Å². The van der Waals surface area contributed by atoms with Crippen LogP contribution >= 0.6 is 0 Å². The molecular formula is C24H29FN2O3. The Balaban J connectivity index is 1.74. The Hall–Kier alpha value is -2.89. The molecule has 5 nitrogen and oxygen atoms in total. The summed E-state index contributed by atoms with van der Waals surface area (Å²) < 4.78 is 19.6. The molecule has 0 aliphatic heterocycles. The summed E-state index contributed by atoms with van der Waals surface area (Å²) >= 11 is 0. The number of halogens is 1. The van der Waals surface area contributed by atoms with E-state index in [1.165, 1.54) is 6.07 Å². The molecule has 0 aromatic heterocycles. The molecule has 2 amide bonds. The molecule has 0 heterocycles. The highest BCUT2D eigenvalue weighted by atomic mass is 19.1. The molecule has 2 aromatic rings. The molecule has 1 N–H and O–H groups in total. The predicted octanol–water partition coefficient (Wildman–Crippen LogP) is 4.17. The molecule has 0 bridgehead atoms. The largest absolute Gasteiger partial charge is 0.494 e. The van der Waals surface area contributed by atoms with E-state index in [0.717, 1.165) is 12.8 Å². The Kier molecular flexibility index (Phi) is 7.08. The molecule has 1 unspecified atom stereocenters. The van der Waals surface area contributed by atoms with Gasteiger partial charge in [-0.1, -0.05) is 32.0 Å². The van der Waals surface area contributed by atoms with Crippen molar-refractivity contribution in [3.8, 4) is 5.75 Å². The SMILES string of the molecule is CCOc1ccc(C(=O)NC(C(=O)N(Cc2ccccc2F)C2CC2)C(C)C)cc1. The summed E-state index contributed by atoms with van der Waals surface area (Å²) in [6, 6.07) is 12.7. The lowest BCUT2D eigenvalue weighted by molar-refractivity contribution is -0.135. The van der Waals surface area contributed by atoms with Crippen molar-refractivity contribution in [1.29, 1.82) is 0 Å². The average molecular weight is 413 g/mol. The van der Waals surface area contributed by atoms with Gasteiger partial charge in [0, 0.05) is 23.7 Å². The third-order valence-corrected chi connectivity index (χ3v) is 5.22. The highest BCUT2D eigenvalue weighted by Crippen LogP contribution is 2.30. The number of carbonyl (C=O) groups is 2. The summed E-state index contributed by atoms with van der Waals surface area (Å²) in [5, 5.41) is 2.88. The highest BCUT2D eigenvalue weighted by molar-refractivity contribution is 5.97. The number of hydrogen-bond donors (Lipinski definition) is 1. The molecule has 0 spiro atoms. The molecule has 1 fully saturated rings. The summed E-state index contributed by atoms with van der Waals surface area (Å²) in [6.07, 6.45) is 1.80. The zero-order valence-electron chi connectivity index (χ0n) is 17.7. The van der Waals surface area contributed by atoms with Crippen LogP contribution in [0.1, 0.15) is 49.5 Å². The zero-order chi connectivity index (χ0) is 21.7. The number of ether oxygens (including phenoxy) is 1. The Morgan fingerprint density at radius 3 is 2.37 bits per heavy atom. The Bertz CT molecular complexity index is 878. The summed E-state index contributed by atoms with van der Waals surface area (Å²) in [6.45, 7) is 6.45. The van der Waals surface area contributed by atoms with Crippen molar-refractivity contribution >= 4 is 11.8 Å². The van der Waals surface area contributed by atoms with Gasteiger partial charge in [-0.25, -0.2) is 4.39 Å². The fourth-order valence-corrected chi connectivity index (χ4v) is 3.37. The van der Waals surface area contributed by atoms with Gasteiger partial charge >= 0.3 is 0 Å². The van der Waals surface area contributed by atoms with Gasteiger partial charge in [0.15, 0.2) is 0 Å². The maximum absolute atomic E-state index is 14.2. The van der Waals surface area contributed by atoms with Crippen molar-refractivity contribution in [2.24, 2.45) is 5.92 Å². The van der Waals surface area contributed by atoms with Crippen LogP contribution in [0, 0.1) is 11.7 Å². The minimum Gasteiger partial charge on any atom is -0.494 e. The van der Waals surface area contributed by atoms with Crippen molar-refractivity contribution in [2.75, 3.05) is 6.61 Å². The monoisotopic (exact) mass is 412 g/mol. The van der Waals surface area contributed by atoms with E-state index in [2.05, 4.69) is 5.32 Å². The number of amides is 2. The van der Waals surface area contributed by atoms with E-state index in [0.29, 0.717) is 23.5 Å². The second kappa shape index (κ2) is 9.74. The van der Waals surface area contributed by atoms with Crippen LogP contribution < -0.4 is 10.1 Å². The molecule has 0 radical (unpaired) electrons. The van der Waals surface area contributed by atoms with Crippen molar-refractivity contribution in [3.63, 3.8) is 0 Å². The molecule has 1 aliphatic rings. The topological polar surface area (TPSA) is 58.6 Å². The van der Waals surface area contributed by atoms with E-state index >= 15 is 0 Å². The summed E-state index contributed by atoms with van der Waals surface area (Å²) in [5.41, 5.74) is 0.946. The first kappa shape index (κ1) is 21.8. The summed E-state index contributed by atoms with van der Waals surface area (Å²) in [5.74, 6) is -0.224. The molecule has 1 saturated carbocycles. The standard InChI is InChI=1S/C24H29FN2O3/c1-4-30-20-13-9-17(10-14-20)23(28)26-22(16(2)3)24(29)27(19-11-12-19)15-18-7-5-6-8-21(18)25/h5-10,13-14,16,19,22H,4,11-12,15H2,1-3H3,(H,26,28). The van der Waals surface area contributed by atoms with Crippen LogP contribution in [0.25, 0.3) is 0 Å². The van der Waals surface area contributed by atoms with E-state index in [4.69, 9.17) is 4.74 Å². The molecular weight excluding hydrogens is 383 g/mol. The number of benzene rings is 2. The number of carbonyl (C=O) groups excluding carboxylic acids is 2. The number of nitrogens with one attached hydrogen (secondary N) is 1. The van der Waals surface area contributed by atoms with E-state index < -0.39 is 6.04 Å². The van der Waals surface area contributed by atoms with Crippen LogP contribution in [0.2, 0.25) is 0 Å². The van der Waals surface area contributed by atoms with Gasteiger partial charge in [0.2, 0.25) is 5.91 Å². The Morgan fingerprint density at radius 1 is 1.13 bits per heavy atom. The van der Waals surface area contributed by atoms with Gasteiger partial charge in [-0.3, -0.25) is 9.59 Å². The number of rotatable bonds is 9. The lowest BCUT2D eigenvalue weighted by atomic mass is 10.0. The first-order chi connectivity index (χ1) is 14.4. The van der Waals surface area contributed by atoms with Crippen molar-refractivity contribution in [3.05, 3.63) is 65.5 Å². The van der Waals surface area contributed by atoms with Crippen LogP contribution in [0.3, 0.4) is 0 Å². The van der Waals surface area contributed by atoms with Crippen molar-refractivity contribution in [1.82, 2.24) is 10.2 Å². The molecule has 3 rings (SSSR count). The maximum Gasteiger partial charge on any atom is 0.251 e. The minimum atomic E-state index is -0.684. The minimum absolute atomic E-state index is 0.0979. The highest BCUT2D eigenvalue weighted by Gasteiger charge is 2.37. The second-order valence-electron chi connectivity index (χ2n) is 7.94. The van der Waals surface area contributed by atoms with E-state index in [1.54, 1.807) is 47.4 Å². The van der Waals surface area contributed by atoms with E-state index in [9.17, 15) is 14.0 Å². The molecule has 0 saturated heterocycles. The number of hydrogen-bond acceptors (Lipinski definition) is 3. The predicted molar refractivity (Wildman–Crippen MR) is 114 cm³/mol. The Labute approximate surface area is 177 Å². The first-order valence-corrected chi connectivity index (χ1v) is 10.5. The lowest BCUT2D eigenvalue weighted by Crippen LogP contribution is -2.51. The van der Waals surface area contributed by atoms with Gasteiger partial charge in [-0.15, -0.1) is 0 Å². The van der Waals surface area contributed by atoms with Crippen LogP contribution in [0.15, 0.2) is 48.5 Å². The number of nitrogens with zero attached hydrogens (tertiary/aromatic N) is 1. The molecule has 6 heteroatoms. The normalized spacial score (nSPS) is 14.3. The van der Waals surface area contributed by atoms with Gasteiger partial charge in [0.05, 0.1) is 6.61 Å². The summed E-state index contributed by atoms with van der Waals surface area (Å²) in [7, 11) is 0. The second-order valence-corrected chi connectivity index (χ2v) is 7.94. The summed E-state index contributed by atoms with van der Waals surface area (Å²) in [4.78, 5) is 27.8. The van der Waals surface area contributed by atoms with E-state index in [-0.39, 0.29) is 36.1 Å². The van der Waals surface area contributed by atoms with Gasteiger partial charge in [-0.05, 0) is 56.0 Å². The smallest absolute Gasteiger partial charge is 0.251 e. The van der Waals surface area contributed by atoms with Gasteiger partial charge in [0.25, 0.3) is 5.91 Å². The zero-order valence-corrected chi connectivity index (χ0v) is 17.7. The molecule has 160 valence electrons.